The predicted octanol–water partition coefficient (Wildman–Crippen LogP) is 2.24. The second-order valence-corrected chi connectivity index (χ2v) is 5.18. The van der Waals surface area contributed by atoms with E-state index in [1.54, 1.807) is 7.11 Å². The zero-order chi connectivity index (χ0) is 15.6. The van der Waals surface area contributed by atoms with Crippen molar-refractivity contribution in [1.82, 2.24) is 5.32 Å². The van der Waals surface area contributed by atoms with Crippen molar-refractivity contribution in [1.29, 1.82) is 0 Å². The number of hydrogen-bond donors (Lipinski definition) is 1. The summed E-state index contributed by atoms with van der Waals surface area (Å²) >= 11 is 0. The number of unbranched alkanes of at least 4 members (excludes halogenated alkanes) is 1. The van der Waals surface area contributed by atoms with Crippen LogP contribution < -0.4 is 5.32 Å². The maximum atomic E-state index is 5.54. The van der Waals surface area contributed by atoms with Gasteiger partial charge in [0, 0.05) is 19.8 Å². The lowest BCUT2D eigenvalue weighted by Crippen LogP contribution is -2.26. The van der Waals surface area contributed by atoms with Crippen LogP contribution in [0.4, 0.5) is 0 Å². The van der Waals surface area contributed by atoms with Gasteiger partial charge in [0.05, 0.1) is 39.6 Å². The SMILES string of the molecule is CCCNC(C)CCCCOCCOCCOCCOC. The highest BCUT2D eigenvalue weighted by Crippen LogP contribution is 2.00. The minimum atomic E-state index is 0.617. The molecule has 0 radical (unpaired) electrons. The van der Waals surface area contributed by atoms with Crippen LogP contribution in [0.3, 0.4) is 0 Å². The Labute approximate surface area is 130 Å². The first-order valence-electron chi connectivity index (χ1n) is 8.26. The molecule has 0 amide bonds. The van der Waals surface area contributed by atoms with Gasteiger partial charge in [-0.1, -0.05) is 6.92 Å². The first-order chi connectivity index (χ1) is 10.3. The van der Waals surface area contributed by atoms with Crippen LogP contribution >= 0.6 is 0 Å². The van der Waals surface area contributed by atoms with Gasteiger partial charge < -0.3 is 24.3 Å². The van der Waals surface area contributed by atoms with Gasteiger partial charge in [-0.3, -0.25) is 0 Å². The molecule has 0 fully saturated rings. The van der Waals surface area contributed by atoms with Gasteiger partial charge in [-0.25, -0.2) is 0 Å². The van der Waals surface area contributed by atoms with Gasteiger partial charge >= 0.3 is 0 Å². The molecule has 128 valence electrons. The van der Waals surface area contributed by atoms with Crippen molar-refractivity contribution in [3.8, 4) is 0 Å². The van der Waals surface area contributed by atoms with E-state index in [1.165, 1.54) is 19.3 Å². The maximum absolute atomic E-state index is 5.54. The third kappa shape index (κ3) is 17.7. The van der Waals surface area contributed by atoms with Crippen molar-refractivity contribution >= 4 is 0 Å². The molecule has 0 aliphatic carbocycles. The fourth-order valence-electron chi connectivity index (χ4n) is 1.83. The van der Waals surface area contributed by atoms with E-state index in [0.29, 0.717) is 45.7 Å². The molecule has 0 aromatic heterocycles. The zero-order valence-electron chi connectivity index (χ0n) is 14.2. The topological polar surface area (TPSA) is 49.0 Å². The highest BCUT2D eigenvalue weighted by molar-refractivity contribution is 4.59. The lowest BCUT2D eigenvalue weighted by atomic mass is 10.1. The Morgan fingerprint density at radius 2 is 1.38 bits per heavy atom. The second kappa shape index (κ2) is 17.9. The van der Waals surface area contributed by atoms with Gasteiger partial charge in [0.2, 0.25) is 0 Å². The van der Waals surface area contributed by atoms with E-state index < -0.39 is 0 Å². The van der Waals surface area contributed by atoms with E-state index in [-0.39, 0.29) is 0 Å². The first-order valence-corrected chi connectivity index (χ1v) is 8.26. The number of hydrogen-bond acceptors (Lipinski definition) is 5. The molecule has 0 aromatic carbocycles. The average Bonchev–Trinajstić information content (AvgIpc) is 2.49. The summed E-state index contributed by atoms with van der Waals surface area (Å²) in [6.45, 7) is 10.2. The van der Waals surface area contributed by atoms with E-state index in [1.807, 2.05) is 0 Å². The third-order valence-corrected chi connectivity index (χ3v) is 3.09. The standard InChI is InChI=1S/C16H35NO4/c1-4-8-17-16(2)7-5-6-9-19-12-13-21-15-14-20-11-10-18-3/h16-17H,4-15H2,1-3H3. The third-order valence-electron chi connectivity index (χ3n) is 3.09. The second-order valence-electron chi connectivity index (χ2n) is 5.18. The van der Waals surface area contributed by atoms with Crippen LogP contribution in [0, 0.1) is 0 Å². The van der Waals surface area contributed by atoms with Gasteiger partial charge in [-0.15, -0.1) is 0 Å². The minimum Gasteiger partial charge on any atom is -0.382 e. The quantitative estimate of drug-likeness (QED) is 0.418. The number of nitrogens with one attached hydrogen (secondary N) is 1. The van der Waals surface area contributed by atoms with Crippen LogP contribution in [0.1, 0.15) is 39.5 Å². The number of ether oxygens (including phenoxy) is 4. The Balaban J connectivity index is 3.02. The molecule has 0 rings (SSSR count). The molecule has 1 atom stereocenters. The lowest BCUT2D eigenvalue weighted by molar-refractivity contribution is 0.00321. The van der Waals surface area contributed by atoms with Crippen LogP contribution in [-0.2, 0) is 18.9 Å². The zero-order valence-corrected chi connectivity index (χ0v) is 14.2. The summed E-state index contributed by atoms with van der Waals surface area (Å²) in [6.07, 6.45) is 4.76. The summed E-state index contributed by atoms with van der Waals surface area (Å²) in [6, 6.07) is 0.617. The van der Waals surface area contributed by atoms with Crippen molar-refractivity contribution in [3.63, 3.8) is 0 Å². The molecule has 0 saturated carbocycles. The number of methoxy groups -OCH3 is 1. The van der Waals surface area contributed by atoms with Crippen LogP contribution in [0.25, 0.3) is 0 Å². The van der Waals surface area contributed by atoms with Gasteiger partial charge in [0.25, 0.3) is 0 Å². The Hall–Kier alpha value is -0.200. The highest BCUT2D eigenvalue weighted by atomic mass is 16.6. The highest BCUT2D eigenvalue weighted by Gasteiger charge is 1.99. The molecule has 5 nitrogen and oxygen atoms in total. The van der Waals surface area contributed by atoms with E-state index in [2.05, 4.69) is 19.2 Å². The van der Waals surface area contributed by atoms with Crippen molar-refractivity contribution in [2.75, 3.05) is 59.9 Å². The molecular formula is C16H35NO4. The van der Waals surface area contributed by atoms with Crippen molar-refractivity contribution in [2.45, 2.75) is 45.6 Å². The Bertz CT molecular complexity index is 193. The number of rotatable bonds is 17. The average molecular weight is 305 g/mol. The monoisotopic (exact) mass is 305 g/mol. The summed E-state index contributed by atoms with van der Waals surface area (Å²) in [5.74, 6) is 0. The molecule has 0 aromatic rings. The van der Waals surface area contributed by atoms with Crippen molar-refractivity contribution in [2.24, 2.45) is 0 Å². The van der Waals surface area contributed by atoms with Crippen LogP contribution in [0.5, 0.6) is 0 Å². The molecule has 0 heterocycles. The molecule has 1 N–H and O–H groups in total. The summed E-state index contributed by atoms with van der Waals surface area (Å²) in [5.41, 5.74) is 0. The van der Waals surface area contributed by atoms with Crippen LogP contribution in [0.15, 0.2) is 0 Å². The minimum absolute atomic E-state index is 0.617. The molecule has 0 aliphatic rings. The Morgan fingerprint density at radius 1 is 0.810 bits per heavy atom. The predicted molar refractivity (Wildman–Crippen MR) is 85.9 cm³/mol. The molecule has 0 aliphatic heterocycles. The molecule has 21 heavy (non-hydrogen) atoms. The van der Waals surface area contributed by atoms with Gasteiger partial charge in [0.1, 0.15) is 0 Å². The maximum Gasteiger partial charge on any atom is 0.0701 e. The molecule has 1 unspecified atom stereocenters. The van der Waals surface area contributed by atoms with E-state index in [9.17, 15) is 0 Å². The molecular weight excluding hydrogens is 270 g/mol. The van der Waals surface area contributed by atoms with E-state index in [0.717, 1.165) is 19.6 Å². The first kappa shape index (κ1) is 20.8. The van der Waals surface area contributed by atoms with Crippen molar-refractivity contribution in [3.05, 3.63) is 0 Å². The van der Waals surface area contributed by atoms with E-state index >= 15 is 0 Å². The van der Waals surface area contributed by atoms with Crippen LogP contribution in [-0.4, -0.2) is 65.9 Å². The van der Waals surface area contributed by atoms with E-state index in [4.69, 9.17) is 18.9 Å². The fourth-order valence-corrected chi connectivity index (χ4v) is 1.83. The molecule has 0 spiro atoms. The molecule has 0 bridgehead atoms. The summed E-state index contributed by atoms with van der Waals surface area (Å²) in [5, 5.41) is 3.50. The Morgan fingerprint density at radius 3 is 1.95 bits per heavy atom. The normalized spacial score (nSPS) is 12.7. The van der Waals surface area contributed by atoms with Gasteiger partial charge in [0.15, 0.2) is 0 Å². The lowest BCUT2D eigenvalue weighted by Gasteiger charge is -2.12. The fraction of sp³-hybridized carbons (Fsp3) is 1.00. The van der Waals surface area contributed by atoms with Crippen LogP contribution in [0.2, 0.25) is 0 Å². The summed E-state index contributed by atoms with van der Waals surface area (Å²) < 4.78 is 21.1. The van der Waals surface area contributed by atoms with Gasteiger partial charge in [-0.05, 0) is 39.2 Å². The summed E-state index contributed by atoms with van der Waals surface area (Å²) in [4.78, 5) is 0. The smallest absolute Gasteiger partial charge is 0.0701 e. The summed E-state index contributed by atoms with van der Waals surface area (Å²) in [7, 11) is 1.67. The van der Waals surface area contributed by atoms with Crippen molar-refractivity contribution < 1.29 is 18.9 Å². The largest absolute Gasteiger partial charge is 0.382 e. The molecule has 5 heteroatoms. The van der Waals surface area contributed by atoms with Gasteiger partial charge in [-0.2, -0.15) is 0 Å². The Kier molecular flexibility index (Phi) is 17.7. The molecule has 0 saturated heterocycles.